The molecule has 0 aliphatic rings. The summed E-state index contributed by atoms with van der Waals surface area (Å²) in [4.78, 5) is 24.7. The van der Waals surface area contributed by atoms with Gasteiger partial charge in [-0.15, -0.1) is 0 Å². The molecule has 0 saturated heterocycles. The number of ether oxygens (including phenoxy) is 2. The minimum Gasteiger partial charge on any atom is -0.497 e. The third-order valence-corrected chi connectivity index (χ3v) is 6.66. The zero-order chi connectivity index (χ0) is 25.4. The number of carbonyl (C=O) groups is 2. The van der Waals surface area contributed by atoms with Crippen molar-refractivity contribution in [3.05, 3.63) is 83.4 Å². The summed E-state index contributed by atoms with van der Waals surface area (Å²) in [5, 5.41) is 5.23. The average Bonchev–Trinajstić information content (AvgIpc) is 2.86. The van der Waals surface area contributed by atoms with Crippen LogP contribution in [-0.4, -0.2) is 41.0 Å². The number of para-hydroxylation sites is 2. The van der Waals surface area contributed by atoms with E-state index in [1.807, 2.05) is 12.1 Å². The van der Waals surface area contributed by atoms with E-state index in [0.717, 1.165) is 5.56 Å². The van der Waals surface area contributed by atoms with Crippen molar-refractivity contribution in [2.45, 2.75) is 18.4 Å². The molecule has 2 amide bonds. The average molecular weight is 498 g/mol. The van der Waals surface area contributed by atoms with Crippen molar-refractivity contribution < 1.29 is 27.5 Å². The van der Waals surface area contributed by atoms with Gasteiger partial charge in [0.25, 0.3) is 15.9 Å². The lowest BCUT2D eigenvalue weighted by molar-refractivity contribution is -0.120. The fraction of sp³-hybridized carbons (Fsp3) is 0.200. The largest absolute Gasteiger partial charge is 0.497 e. The highest BCUT2D eigenvalue weighted by molar-refractivity contribution is 7.92. The molecule has 184 valence electrons. The van der Waals surface area contributed by atoms with Gasteiger partial charge in [0.15, 0.2) is 0 Å². The van der Waals surface area contributed by atoms with Crippen LogP contribution in [0, 0.1) is 6.92 Å². The van der Waals surface area contributed by atoms with E-state index in [0.29, 0.717) is 23.6 Å². The van der Waals surface area contributed by atoms with Crippen LogP contribution in [0.3, 0.4) is 0 Å². The Hall–Kier alpha value is -4.05. The lowest BCUT2D eigenvalue weighted by Gasteiger charge is -2.14. The maximum absolute atomic E-state index is 13.0. The first-order chi connectivity index (χ1) is 16.7. The fourth-order valence-corrected chi connectivity index (χ4v) is 4.57. The molecule has 0 atom stereocenters. The summed E-state index contributed by atoms with van der Waals surface area (Å²) in [6, 6.07) is 18.1. The van der Waals surface area contributed by atoms with Crippen molar-refractivity contribution in [3.63, 3.8) is 0 Å². The first-order valence-corrected chi connectivity index (χ1v) is 12.2. The van der Waals surface area contributed by atoms with E-state index in [9.17, 15) is 18.0 Å². The maximum Gasteiger partial charge on any atom is 0.262 e. The predicted molar refractivity (Wildman–Crippen MR) is 132 cm³/mol. The first-order valence-electron chi connectivity index (χ1n) is 10.7. The molecule has 0 fully saturated rings. The standard InChI is InChI=1S/C25H27N3O6S/c1-17-8-11-19(14-23(17)35(31,32)28-21-6-4-5-7-22(21)34-3)25(30)27-16-24(29)26-15-18-9-12-20(33-2)13-10-18/h4-14,28H,15-16H2,1-3H3,(H,26,29)(H,27,30). The third kappa shape index (κ3) is 6.73. The highest BCUT2D eigenvalue weighted by Crippen LogP contribution is 2.27. The molecule has 10 heteroatoms. The van der Waals surface area contributed by atoms with Crippen LogP contribution in [0.4, 0.5) is 5.69 Å². The van der Waals surface area contributed by atoms with Gasteiger partial charge >= 0.3 is 0 Å². The summed E-state index contributed by atoms with van der Waals surface area (Å²) in [7, 11) is -0.993. The molecular formula is C25H27N3O6S. The number of methoxy groups -OCH3 is 2. The van der Waals surface area contributed by atoms with Crippen molar-refractivity contribution in [2.24, 2.45) is 0 Å². The zero-order valence-electron chi connectivity index (χ0n) is 19.6. The molecule has 3 N–H and O–H groups in total. The van der Waals surface area contributed by atoms with Gasteiger partial charge < -0.3 is 20.1 Å². The topological polar surface area (TPSA) is 123 Å². The molecule has 9 nitrogen and oxygen atoms in total. The van der Waals surface area contributed by atoms with Gasteiger partial charge in [0.2, 0.25) is 5.91 Å². The smallest absolute Gasteiger partial charge is 0.262 e. The quantitative estimate of drug-likeness (QED) is 0.396. The maximum atomic E-state index is 13.0. The Balaban J connectivity index is 1.63. The van der Waals surface area contributed by atoms with Crippen LogP contribution in [-0.2, 0) is 21.4 Å². The molecule has 0 aliphatic heterocycles. The van der Waals surface area contributed by atoms with Gasteiger partial charge in [0, 0.05) is 12.1 Å². The second-order valence-corrected chi connectivity index (χ2v) is 9.24. The summed E-state index contributed by atoms with van der Waals surface area (Å²) in [5.74, 6) is 0.124. The second-order valence-electron chi connectivity index (χ2n) is 7.59. The lowest BCUT2D eigenvalue weighted by Crippen LogP contribution is -2.36. The van der Waals surface area contributed by atoms with E-state index < -0.39 is 15.9 Å². The number of anilines is 1. The van der Waals surface area contributed by atoms with Crippen LogP contribution in [0.1, 0.15) is 21.5 Å². The van der Waals surface area contributed by atoms with Crippen molar-refractivity contribution in [3.8, 4) is 11.5 Å². The minimum atomic E-state index is -4.01. The van der Waals surface area contributed by atoms with E-state index >= 15 is 0 Å². The third-order valence-electron chi connectivity index (χ3n) is 5.15. The SMILES string of the molecule is COc1ccc(CNC(=O)CNC(=O)c2ccc(C)c(S(=O)(=O)Nc3ccccc3OC)c2)cc1. The number of carbonyl (C=O) groups excluding carboxylic acids is 2. The van der Waals surface area contributed by atoms with Crippen molar-refractivity contribution in [1.82, 2.24) is 10.6 Å². The molecule has 3 rings (SSSR count). The molecule has 3 aromatic rings. The Labute approximate surface area is 204 Å². The van der Waals surface area contributed by atoms with Gasteiger partial charge in [0.1, 0.15) is 11.5 Å². The Morgan fingerprint density at radius 2 is 1.60 bits per heavy atom. The van der Waals surface area contributed by atoms with E-state index in [1.54, 1.807) is 50.4 Å². The van der Waals surface area contributed by atoms with Gasteiger partial charge in [-0.2, -0.15) is 0 Å². The summed E-state index contributed by atoms with van der Waals surface area (Å²) >= 11 is 0. The number of amides is 2. The number of sulfonamides is 1. The van der Waals surface area contributed by atoms with Crippen molar-refractivity contribution in [1.29, 1.82) is 0 Å². The molecule has 0 heterocycles. The number of hydrogen-bond donors (Lipinski definition) is 3. The van der Waals surface area contributed by atoms with Crippen LogP contribution in [0.5, 0.6) is 11.5 Å². The number of aryl methyl sites for hydroxylation is 1. The van der Waals surface area contributed by atoms with Crippen LogP contribution < -0.4 is 24.8 Å². The van der Waals surface area contributed by atoms with Gasteiger partial charge in [-0.1, -0.05) is 30.3 Å². The van der Waals surface area contributed by atoms with E-state index in [2.05, 4.69) is 15.4 Å². The highest BCUT2D eigenvalue weighted by Gasteiger charge is 2.21. The molecule has 0 radical (unpaired) electrons. The van der Waals surface area contributed by atoms with E-state index in [-0.39, 0.29) is 28.6 Å². The fourth-order valence-electron chi connectivity index (χ4n) is 3.23. The molecule has 3 aromatic carbocycles. The van der Waals surface area contributed by atoms with Gasteiger partial charge in [-0.25, -0.2) is 8.42 Å². The summed E-state index contributed by atoms with van der Waals surface area (Å²) < 4.78 is 38.8. The molecule has 0 spiro atoms. The molecule has 0 saturated carbocycles. The summed E-state index contributed by atoms with van der Waals surface area (Å²) in [5.41, 5.74) is 1.72. The first kappa shape index (κ1) is 25.6. The summed E-state index contributed by atoms with van der Waals surface area (Å²) in [6.45, 7) is 1.66. The Morgan fingerprint density at radius 1 is 0.886 bits per heavy atom. The Bertz CT molecular complexity index is 1310. The normalized spacial score (nSPS) is 10.8. The minimum absolute atomic E-state index is 0.0555. The number of rotatable bonds is 10. The molecule has 0 bridgehead atoms. The Morgan fingerprint density at radius 3 is 2.29 bits per heavy atom. The number of nitrogens with one attached hydrogen (secondary N) is 3. The molecule has 35 heavy (non-hydrogen) atoms. The molecule has 0 aromatic heterocycles. The number of benzene rings is 3. The molecule has 0 aliphatic carbocycles. The van der Waals surface area contributed by atoms with E-state index in [1.165, 1.54) is 25.3 Å². The van der Waals surface area contributed by atoms with Crippen LogP contribution in [0.15, 0.2) is 71.6 Å². The van der Waals surface area contributed by atoms with Gasteiger partial charge in [-0.3, -0.25) is 14.3 Å². The lowest BCUT2D eigenvalue weighted by atomic mass is 10.1. The summed E-state index contributed by atoms with van der Waals surface area (Å²) in [6.07, 6.45) is 0. The predicted octanol–water partition coefficient (Wildman–Crippen LogP) is 2.86. The zero-order valence-corrected chi connectivity index (χ0v) is 20.4. The van der Waals surface area contributed by atoms with Crippen LogP contribution in [0.2, 0.25) is 0 Å². The van der Waals surface area contributed by atoms with Gasteiger partial charge in [0.05, 0.1) is 31.3 Å². The molecule has 0 unspecified atom stereocenters. The van der Waals surface area contributed by atoms with Crippen LogP contribution in [0.25, 0.3) is 0 Å². The Kier molecular flexibility index (Phi) is 8.32. The van der Waals surface area contributed by atoms with Gasteiger partial charge in [-0.05, 0) is 54.4 Å². The monoisotopic (exact) mass is 497 g/mol. The van der Waals surface area contributed by atoms with Crippen molar-refractivity contribution >= 4 is 27.5 Å². The second kappa shape index (κ2) is 11.4. The molecular weight excluding hydrogens is 470 g/mol. The van der Waals surface area contributed by atoms with E-state index in [4.69, 9.17) is 9.47 Å². The van der Waals surface area contributed by atoms with Crippen molar-refractivity contribution in [2.75, 3.05) is 25.5 Å². The number of hydrogen-bond acceptors (Lipinski definition) is 6. The highest BCUT2D eigenvalue weighted by atomic mass is 32.2. The van der Waals surface area contributed by atoms with Crippen LogP contribution >= 0.6 is 0 Å².